The summed E-state index contributed by atoms with van der Waals surface area (Å²) in [5.41, 5.74) is 12.4. The highest BCUT2D eigenvalue weighted by Crippen LogP contribution is 2.38. The van der Waals surface area contributed by atoms with Crippen LogP contribution in [-0.2, 0) is 6.42 Å². The molecule has 0 amide bonds. The molecular weight excluding hydrogens is 414 g/mol. The second-order valence-corrected chi connectivity index (χ2v) is 7.99. The number of rotatable bonds is 6. The van der Waals surface area contributed by atoms with Crippen LogP contribution in [0.25, 0.3) is 33.1 Å². The molecule has 0 saturated heterocycles. The highest BCUT2D eigenvalue weighted by Gasteiger charge is 2.17. The highest BCUT2D eigenvalue weighted by molar-refractivity contribution is 9.10. The van der Waals surface area contributed by atoms with Crippen molar-refractivity contribution in [2.45, 2.75) is 26.2 Å². The molecule has 5 heteroatoms. The SMILES string of the molecule is COc1ccc(-c2[nH]c3ccc(Br)cc3c2CCCCN)c2ccc(C)nc12. The van der Waals surface area contributed by atoms with Crippen LogP contribution >= 0.6 is 15.9 Å². The van der Waals surface area contributed by atoms with Crippen molar-refractivity contribution in [1.82, 2.24) is 9.97 Å². The van der Waals surface area contributed by atoms with Crippen molar-refractivity contribution < 1.29 is 4.74 Å². The first kappa shape index (κ1) is 19.0. The number of hydrogen-bond donors (Lipinski definition) is 2. The molecule has 2 aromatic heterocycles. The van der Waals surface area contributed by atoms with Crippen LogP contribution in [0.1, 0.15) is 24.1 Å². The van der Waals surface area contributed by atoms with E-state index in [9.17, 15) is 0 Å². The third kappa shape index (κ3) is 3.40. The number of nitrogens with zero attached hydrogens (tertiary/aromatic N) is 1. The lowest BCUT2D eigenvalue weighted by Crippen LogP contribution is -1.99. The van der Waals surface area contributed by atoms with Crippen LogP contribution in [0.4, 0.5) is 0 Å². The van der Waals surface area contributed by atoms with Crippen LogP contribution in [0.2, 0.25) is 0 Å². The number of halogens is 1. The highest BCUT2D eigenvalue weighted by atomic mass is 79.9. The van der Waals surface area contributed by atoms with Gasteiger partial charge in [0, 0.05) is 32.0 Å². The van der Waals surface area contributed by atoms with E-state index in [0.29, 0.717) is 0 Å². The van der Waals surface area contributed by atoms with Gasteiger partial charge in [-0.2, -0.15) is 0 Å². The number of pyridine rings is 1. The zero-order valence-corrected chi connectivity index (χ0v) is 17.8. The maximum absolute atomic E-state index is 5.74. The number of aromatic nitrogens is 2. The number of methoxy groups -OCH3 is 1. The van der Waals surface area contributed by atoms with E-state index in [4.69, 9.17) is 15.5 Å². The minimum atomic E-state index is 0.718. The number of unbranched alkanes of at least 4 members (excludes halogenated alkanes) is 1. The van der Waals surface area contributed by atoms with Gasteiger partial charge in [-0.1, -0.05) is 22.0 Å². The first-order valence-electron chi connectivity index (χ1n) is 9.57. The van der Waals surface area contributed by atoms with E-state index in [2.05, 4.69) is 57.3 Å². The summed E-state index contributed by atoms with van der Waals surface area (Å²) in [5.74, 6) is 0.797. The summed E-state index contributed by atoms with van der Waals surface area (Å²) < 4.78 is 6.65. The fourth-order valence-corrected chi connectivity index (χ4v) is 4.19. The Morgan fingerprint density at radius 2 is 1.93 bits per heavy atom. The minimum absolute atomic E-state index is 0.718. The number of H-pyrrole nitrogens is 1. The normalized spacial score (nSPS) is 11.4. The molecule has 3 N–H and O–H groups in total. The van der Waals surface area contributed by atoms with Crippen LogP contribution in [0.3, 0.4) is 0 Å². The smallest absolute Gasteiger partial charge is 0.145 e. The Kier molecular flexibility index (Phi) is 5.38. The van der Waals surface area contributed by atoms with E-state index in [1.54, 1.807) is 7.11 Å². The summed E-state index contributed by atoms with van der Waals surface area (Å²) in [5, 5.41) is 2.35. The molecule has 0 aliphatic rings. The van der Waals surface area contributed by atoms with Crippen molar-refractivity contribution in [2.24, 2.45) is 5.73 Å². The van der Waals surface area contributed by atoms with Crippen LogP contribution < -0.4 is 10.5 Å². The largest absolute Gasteiger partial charge is 0.494 e. The molecule has 0 aliphatic carbocycles. The monoisotopic (exact) mass is 437 g/mol. The van der Waals surface area contributed by atoms with Crippen molar-refractivity contribution in [3.05, 3.63) is 58.2 Å². The Labute approximate surface area is 173 Å². The summed E-state index contributed by atoms with van der Waals surface area (Å²) >= 11 is 3.62. The molecule has 4 nitrogen and oxygen atoms in total. The third-order valence-corrected chi connectivity index (χ3v) is 5.69. The Morgan fingerprint density at radius 3 is 2.71 bits per heavy atom. The number of fused-ring (bicyclic) bond motifs is 2. The van der Waals surface area contributed by atoms with E-state index >= 15 is 0 Å². The van der Waals surface area contributed by atoms with Gasteiger partial charge in [-0.15, -0.1) is 0 Å². The molecule has 0 radical (unpaired) electrons. The zero-order chi connectivity index (χ0) is 19.7. The Morgan fingerprint density at radius 1 is 1.07 bits per heavy atom. The molecule has 0 spiro atoms. The predicted molar refractivity (Wildman–Crippen MR) is 120 cm³/mol. The Bertz CT molecular complexity index is 1150. The molecule has 2 aromatic carbocycles. The average molecular weight is 438 g/mol. The number of hydrogen-bond acceptors (Lipinski definition) is 3. The number of aryl methyl sites for hydroxylation is 2. The van der Waals surface area contributed by atoms with Crippen molar-refractivity contribution in [3.63, 3.8) is 0 Å². The maximum Gasteiger partial charge on any atom is 0.145 e. The average Bonchev–Trinajstić information content (AvgIpc) is 3.04. The molecule has 4 aromatic rings. The number of nitrogens with one attached hydrogen (secondary N) is 1. The molecule has 2 heterocycles. The van der Waals surface area contributed by atoms with Gasteiger partial charge in [-0.05, 0) is 74.7 Å². The molecule has 0 unspecified atom stereocenters. The van der Waals surface area contributed by atoms with Gasteiger partial charge < -0.3 is 15.5 Å². The summed E-state index contributed by atoms with van der Waals surface area (Å²) in [6, 6.07) is 14.7. The van der Waals surface area contributed by atoms with Gasteiger partial charge in [-0.3, -0.25) is 0 Å². The van der Waals surface area contributed by atoms with Gasteiger partial charge in [0.05, 0.1) is 12.8 Å². The van der Waals surface area contributed by atoms with Gasteiger partial charge in [0.25, 0.3) is 0 Å². The van der Waals surface area contributed by atoms with E-state index in [1.807, 2.05) is 13.0 Å². The molecule has 0 fully saturated rings. The topological polar surface area (TPSA) is 63.9 Å². The third-order valence-electron chi connectivity index (χ3n) is 5.20. The predicted octanol–water partition coefficient (Wildman–Crippen LogP) is 5.74. The fraction of sp³-hybridized carbons (Fsp3) is 0.261. The summed E-state index contributed by atoms with van der Waals surface area (Å²) in [7, 11) is 1.69. The standard InChI is InChI=1S/C23H24BrN3O/c1-14-6-8-18-17(9-11-21(28-2)23(18)26-14)22-16(5-3-4-12-25)19-13-15(24)7-10-20(19)27-22/h6-11,13,27H,3-5,12,25H2,1-2H3. The van der Waals surface area contributed by atoms with Crippen LogP contribution in [0.15, 0.2) is 46.9 Å². The lowest BCUT2D eigenvalue weighted by molar-refractivity contribution is 0.419. The molecule has 0 bridgehead atoms. The van der Waals surface area contributed by atoms with Crippen LogP contribution in [0.5, 0.6) is 5.75 Å². The Balaban J connectivity index is 1.97. The van der Waals surface area contributed by atoms with E-state index in [-0.39, 0.29) is 0 Å². The van der Waals surface area contributed by atoms with E-state index in [1.165, 1.54) is 10.9 Å². The molecular formula is C23H24BrN3O. The minimum Gasteiger partial charge on any atom is -0.494 e. The van der Waals surface area contributed by atoms with Gasteiger partial charge in [-0.25, -0.2) is 4.98 Å². The molecule has 144 valence electrons. The van der Waals surface area contributed by atoms with Gasteiger partial charge in [0.2, 0.25) is 0 Å². The molecule has 0 atom stereocenters. The zero-order valence-electron chi connectivity index (χ0n) is 16.2. The second-order valence-electron chi connectivity index (χ2n) is 7.08. The van der Waals surface area contributed by atoms with Crippen LogP contribution in [-0.4, -0.2) is 23.6 Å². The van der Waals surface area contributed by atoms with Gasteiger partial charge >= 0.3 is 0 Å². The molecule has 0 aliphatic heterocycles. The second kappa shape index (κ2) is 7.94. The molecule has 28 heavy (non-hydrogen) atoms. The summed E-state index contributed by atoms with van der Waals surface area (Å²) in [6.45, 7) is 2.72. The molecule has 4 rings (SSSR count). The first-order chi connectivity index (χ1) is 13.6. The van der Waals surface area contributed by atoms with E-state index in [0.717, 1.165) is 69.4 Å². The number of aromatic amines is 1. The lowest BCUT2D eigenvalue weighted by atomic mass is 9.97. The van der Waals surface area contributed by atoms with Crippen LogP contribution in [0, 0.1) is 6.92 Å². The lowest BCUT2D eigenvalue weighted by Gasteiger charge is -2.12. The van der Waals surface area contributed by atoms with Crippen molar-refractivity contribution in [3.8, 4) is 17.0 Å². The summed E-state index contributed by atoms with van der Waals surface area (Å²) in [6.07, 6.45) is 3.06. The van der Waals surface area contributed by atoms with Crippen molar-refractivity contribution in [1.29, 1.82) is 0 Å². The fourth-order valence-electron chi connectivity index (χ4n) is 3.83. The first-order valence-corrected chi connectivity index (χ1v) is 10.4. The van der Waals surface area contributed by atoms with Gasteiger partial charge in [0.15, 0.2) is 0 Å². The number of ether oxygens (including phenoxy) is 1. The van der Waals surface area contributed by atoms with Gasteiger partial charge in [0.1, 0.15) is 11.3 Å². The van der Waals surface area contributed by atoms with Crippen molar-refractivity contribution in [2.75, 3.05) is 13.7 Å². The quantitative estimate of drug-likeness (QED) is 0.377. The maximum atomic E-state index is 5.74. The molecule has 0 saturated carbocycles. The van der Waals surface area contributed by atoms with E-state index < -0.39 is 0 Å². The summed E-state index contributed by atoms with van der Waals surface area (Å²) in [4.78, 5) is 8.40. The number of nitrogens with two attached hydrogens (primary N) is 1. The van der Waals surface area contributed by atoms with Crippen molar-refractivity contribution >= 4 is 37.7 Å². The number of benzene rings is 2. The Hall–Kier alpha value is -2.37.